The van der Waals surface area contributed by atoms with Crippen molar-refractivity contribution in [1.82, 2.24) is 5.43 Å². The van der Waals surface area contributed by atoms with Crippen LogP contribution in [0.25, 0.3) is 0 Å². The van der Waals surface area contributed by atoms with Crippen LogP contribution >= 0.6 is 0 Å². The molecule has 1 aliphatic carbocycles. The van der Waals surface area contributed by atoms with Crippen LogP contribution in [-0.2, 0) is 4.74 Å². The van der Waals surface area contributed by atoms with E-state index in [4.69, 9.17) is 10.6 Å². The maximum absolute atomic E-state index is 5.53. The number of rotatable bonds is 6. The highest BCUT2D eigenvalue weighted by Crippen LogP contribution is 2.27. The molecule has 1 rings (SSSR count). The van der Waals surface area contributed by atoms with Gasteiger partial charge in [0.1, 0.15) is 0 Å². The molecule has 1 unspecified atom stereocenters. The number of nitrogens with one attached hydrogen (secondary N) is 1. The Labute approximate surface area is 87.4 Å². The highest BCUT2D eigenvalue weighted by molar-refractivity contribution is 4.73. The first-order valence-electron chi connectivity index (χ1n) is 5.82. The summed E-state index contributed by atoms with van der Waals surface area (Å²) in [7, 11) is 1.74. The first-order chi connectivity index (χ1) is 6.86. The number of nitrogens with two attached hydrogens (primary N) is 1. The monoisotopic (exact) mass is 200 g/mol. The quantitative estimate of drug-likeness (QED) is 0.508. The molecule has 0 aliphatic heterocycles. The third-order valence-corrected chi connectivity index (χ3v) is 3.25. The Hall–Kier alpha value is -0.120. The van der Waals surface area contributed by atoms with Gasteiger partial charge in [-0.1, -0.05) is 32.1 Å². The summed E-state index contributed by atoms with van der Waals surface area (Å²) in [6.45, 7) is 0.807. The fraction of sp³-hybridized carbons (Fsp3) is 1.00. The van der Waals surface area contributed by atoms with Crippen LogP contribution in [0.5, 0.6) is 0 Å². The van der Waals surface area contributed by atoms with Gasteiger partial charge in [0, 0.05) is 19.8 Å². The summed E-state index contributed by atoms with van der Waals surface area (Å²) in [6, 6.07) is 0.443. The van der Waals surface area contributed by atoms with Gasteiger partial charge in [0.05, 0.1) is 0 Å². The first-order valence-corrected chi connectivity index (χ1v) is 5.82. The summed E-state index contributed by atoms with van der Waals surface area (Å²) in [4.78, 5) is 0. The van der Waals surface area contributed by atoms with E-state index in [9.17, 15) is 0 Å². The van der Waals surface area contributed by atoms with Crippen molar-refractivity contribution in [3.8, 4) is 0 Å². The molecule has 0 spiro atoms. The molecule has 0 heterocycles. The Balaban J connectivity index is 2.16. The van der Waals surface area contributed by atoms with Crippen LogP contribution < -0.4 is 11.3 Å². The van der Waals surface area contributed by atoms with Gasteiger partial charge in [0.25, 0.3) is 0 Å². The van der Waals surface area contributed by atoms with Gasteiger partial charge >= 0.3 is 0 Å². The van der Waals surface area contributed by atoms with E-state index < -0.39 is 0 Å². The van der Waals surface area contributed by atoms with Gasteiger partial charge in [0.2, 0.25) is 0 Å². The molecule has 0 bridgehead atoms. The van der Waals surface area contributed by atoms with Crippen molar-refractivity contribution in [2.75, 3.05) is 13.7 Å². The second kappa shape index (κ2) is 7.21. The van der Waals surface area contributed by atoms with Crippen molar-refractivity contribution in [2.24, 2.45) is 11.8 Å². The molecule has 1 aliphatic rings. The molecule has 1 atom stereocenters. The minimum absolute atomic E-state index is 0.443. The molecule has 14 heavy (non-hydrogen) atoms. The van der Waals surface area contributed by atoms with E-state index in [-0.39, 0.29) is 0 Å². The van der Waals surface area contributed by atoms with E-state index in [1.165, 1.54) is 38.5 Å². The van der Waals surface area contributed by atoms with Gasteiger partial charge < -0.3 is 4.74 Å². The van der Waals surface area contributed by atoms with E-state index in [1.807, 2.05) is 0 Å². The van der Waals surface area contributed by atoms with Gasteiger partial charge in [-0.15, -0.1) is 0 Å². The Morgan fingerprint density at radius 1 is 1.36 bits per heavy atom. The van der Waals surface area contributed by atoms with Crippen LogP contribution in [-0.4, -0.2) is 19.8 Å². The lowest BCUT2D eigenvalue weighted by Crippen LogP contribution is -2.37. The number of ether oxygens (including phenoxy) is 1. The average Bonchev–Trinajstić information content (AvgIpc) is 2.25. The van der Waals surface area contributed by atoms with E-state index in [2.05, 4.69) is 5.43 Å². The molecule has 0 radical (unpaired) electrons. The largest absolute Gasteiger partial charge is 0.385 e. The van der Waals surface area contributed by atoms with Gasteiger partial charge in [-0.25, -0.2) is 0 Å². The van der Waals surface area contributed by atoms with E-state index >= 15 is 0 Å². The molecular formula is C11H24N2O. The topological polar surface area (TPSA) is 47.3 Å². The smallest absolute Gasteiger partial charge is 0.0477 e. The summed E-state index contributed by atoms with van der Waals surface area (Å²) in [5.74, 6) is 6.42. The predicted molar refractivity (Wildman–Crippen MR) is 58.8 cm³/mol. The predicted octanol–water partition coefficient (Wildman–Crippen LogP) is 1.83. The van der Waals surface area contributed by atoms with Crippen molar-refractivity contribution in [3.05, 3.63) is 0 Å². The van der Waals surface area contributed by atoms with Gasteiger partial charge in [-0.3, -0.25) is 11.3 Å². The van der Waals surface area contributed by atoms with Crippen LogP contribution in [0.3, 0.4) is 0 Å². The molecule has 84 valence electrons. The summed E-state index contributed by atoms with van der Waals surface area (Å²) in [5.41, 5.74) is 2.90. The molecule has 0 aromatic carbocycles. The molecule has 3 nitrogen and oxygen atoms in total. The minimum atomic E-state index is 0.443. The second-order valence-corrected chi connectivity index (χ2v) is 4.38. The lowest BCUT2D eigenvalue weighted by molar-refractivity contribution is 0.173. The van der Waals surface area contributed by atoms with Crippen molar-refractivity contribution in [1.29, 1.82) is 0 Å². The molecule has 0 aromatic heterocycles. The fourth-order valence-electron chi connectivity index (χ4n) is 2.35. The highest BCUT2D eigenvalue weighted by atomic mass is 16.5. The van der Waals surface area contributed by atoms with Crippen molar-refractivity contribution in [2.45, 2.75) is 51.0 Å². The molecule has 3 N–H and O–H groups in total. The van der Waals surface area contributed by atoms with Crippen molar-refractivity contribution >= 4 is 0 Å². The highest BCUT2D eigenvalue weighted by Gasteiger charge is 2.17. The third kappa shape index (κ3) is 4.40. The maximum atomic E-state index is 5.53. The van der Waals surface area contributed by atoms with Gasteiger partial charge in [-0.05, 0) is 18.8 Å². The minimum Gasteiger partial charge on any atom is -0.385 e. The molecule has 0 saturated heterocycles. The molecule has 0 amide bonds. The van der Waals surface area contributed by atoms with Crippen LogP contribution in [0.2, 0.25) is 0 Å². The molecule has 3 heteroatoms. The van der Waals surface area contributed by atoms with E-state index in [0.29, 0.717) is 6.04 Å². The lowest BCUT2D eigenvalue weighted by Gasteiger charge is -2.26. The number of hydrazine groups is 1. The van der Waals surface area contributed by atoms with Crippen LogP contribution in [0.15, 0.2) is 0 Å². The Kier molecular flexibility index (Phi) is 6.15. The van der Waals surface area contributed by atoms with Crippen molar-refractivity contribution < 1.29 is 4.74 Å². The van der Waals surface area contributed by atoms with Gasteiger partial charge in [-0.2, -0.15) is 0 Å². The van der Waals surface area contributed by atoms with Crippen LogP contribution in [0, 0.1) is 5.92 Å². The lowest BCUT2D eigenvalue weighted by atomic mass is 9.84. The maximum Gasteiger partial charge on any atom is 0.0477 e. The fourth-order valence-corrected chi connectivity index (χ4v) is 2.35. The summed E-state index contributed by atoms with van der Waals surface area (Å²) in [6.07, 6.45) is 9.29. The average molecular weight is 200 g/mol. The van der Waals surface area contributed by atoms with Gasteiger partial charge in [0.15, 0.2) is 0 Å². The molecular weight excluding hydrogens is 176 g/mol. The van der Waals surface area contributed by atoms with E-state index in [1.54, 1.807) is 7.11 Å². The number of hydrogen-bond donors (Lipinski definition) is 2. The van der Waals surface area contributed by atoms with Crippen LogP contribution in [0.4, 0.5) is 0 Å². The Bertz CT molecular complexity index is 135. The zero-order valence-electron chi connectivity index (χ0n) is 9.30. The van der Waals surface area contributed by atoms with E-state index in [0.717, 1.165) is 18.9 Å². The number of hydrogen-bond acceptors (Lipinski definition) is 3. The molecule has 1 saturated carbocycles. The molecule has 1 fully saturated rings. The summed E-state index contributed by atoms with van der Waals surface area (Å²) < 4.78 is 5.07. The molecule has 0 aromatic rings. The normalized spacial score (nSPS) is 21.0. The van der Waals surface area contributed by atoms with Crippen LogP contribution in [0.1, 0.15) is 44.9 Å². The second-order valence-electron chi connectivity index (χ2n) is 4.38. The number of methoxy groups -OCH3 is 1. The summed E-state index contributed by atoms with van der Waals surface area (Å²) >= 11 is 0. The third-order valence-electron chi connectivity index (χ3n) is 3.25. The Morgan fingerprint density at radius 2 is 2.07 bits per heavy atom. The summed E-state index contributed by atoms with van der Waals surface area (Å²) in [5, 5.41) is 0. The van der Waals surface area contributed by atoms with Crippen molar-refractivity contribution in [3.63, 3.8) is 0 Å². The Morgan fingerprint density at radius 3 is 2.64 bits per heavy atom. The zero-order valence-corrected chi connectivity index (χ0v) is 9.30. The standard InChI is InChI=1S/C11H24N2O/c1-14-8-7-11(13-12)9-10-5-3-2-4-6-10/h10-11,13H,2-9,12H2,1H3. The first kappa shape index (κ1) is 12.0. The SMILES string of the molecule is COCCC(CC1CCCCC1)NN. The zero-order chi connectivity index (χ0) is 10.2.